The predicted octanol–water partition coefficient (Wildman–Crippen LogP) is 1.80. The molecule has 5 nitrogen and oxygen atoms in total. The molecule has 2 N–H and O–H groups in total. The monoisotopic (exact) mass is 317 g/mol. The number of hydrogen-bond donors (Lipinski definition) is 1. The summed E-state index contributed by atoms with van der Waals surface area (Å²) in [6.07, 6.45) is 7.35. The van der Waals surface area contributed by atoms with Gasteiger partial charge in [-0.15, -0.1) is 0 Å². The van der Waals surface area contributed by atoms with Gasteiger partial charge in [0.05, 0.1) is 0 Å². The molecule has 2 rings (SSSR count). The topological polar surface area (TPSA) is 66.6 Å². The van der Waals surface area contributed by atoms with Crippen molar-refractivity contribution in [2.24, 2.45) is 17.6 Å². The summed E-state index contributed by atoms with van der Waals surface area (Å²) < 4.78 is 28.8. The third-order valence-electron chi connectivity index (χ3n) is 5.50. The van der Waals surface area contributed by atoms with Crippen LogP contribution in [0.4, 0.5) is 0 Å². The minimum Gasteiger partial charge on any atom is -0.330 e. The van der Waals surface area contributed by atoms with Gasteiger partial charge in [0.15, 0.2) is 0 Å². The molecule has 124 valence electrons. The van der Waals surface area contributed by atoms with Crippen LogP contribution in [0, 0.1) is 11.8 Å². The second kappa shape index (κ2) is 7.40. The van der Waals surface area contributed by atoms with Crippen LogP contribution in [0.2, 0.25) is 0 Å². The van der Waals surface area contributed by atoms with Gasteiger partial charge in [-0.25, -0.2) is 0 Å². The van der Waals surface area contributed by atoms with Crippen molar-refractivity contribution in [3.05, 3.63) is 0 Å². The van der Waals surface area contributed by atoms with Crippen LogP contribution in [0.1, 0.15) is 51.9 Å². The van der Waals surface area contributed by atoms with Crippen LogP contribution in [0.25, 0.3) is 0 Å². The Morgan fingerprint density at radius 1 is 1.05 bits per heavy atom. The number of nitrogens with two attached hydrogens (primary N) is 1. The number of rotatable bonds is 5. The van der Waals surface area contributed by atoms with Crippen molar-refractivity contribution < 1.29 is 8.42 Å². The van der Waals surface area contributed by atoms with Gasteiger partial charge in [-0.2, -0.15) is 17.0 Å². The van der Waals surface area contributed by atoms with Crippen molar-refractivity contribution >= 4 is 10.2 Å². The normalized spacial score (nSPS) is 29.9. The van der Waals surface area contributed by atoms with Gasteiger partial charge in [0.25, 0.3) is 10.2 Å². The highest BCUT2D eigenvalue weighted by Crippen LogP contribution is 2.31. The van der Waals surface area contributed by atoms with E-state index >= 15 is 0 Å². The summed E-state index contributed by atoms with van der Waals surface area (Å²) in [4.78, 5) is 0. The van der Waals surface area contributed by atoms with E-state index in [2.05, 4.69) is 6.92 Å². The number of nitrogens with zero attached hydrogens (tertiary/aromatic N) is 2. The van der Waals surface area contributed by atoms with Crippen LogP contribution >= 0.6 is 0 Å². The van der Waals surface area contributed by atoms with Crippen molar-refractivity contribution in [3.8, 4) is 0 Å². The third-order valence-corrected chi connectivity index (χ3v) is 7.55. The van der Waals surface area contributed by atoms with Crippen molar-refractivity contribution in [1.82, 2.24) is 8.61 Å². The Balaban J connectivity index is 1.93. The second-order valence-corrected chi connectivity index (χ2v) is 8.67. The third kappa shape index (κ3) is 3.97. The molecule has 1 aliphatic carbocycles. The molecule has 2 aliphatic rings. The second-order valence-electron chi connectivity index (χ2n) is 6.68. The maximum absolute atomic E-state index is 12.8. The smallest absolute Gasteiger partial charge is 0.281 e. The predicted molar refractivity (Wildman–Crippen MR) is 86.1 cm³/mol. The van der Waals surface area contributed by atoms with Gasteiger partial charge >= 0.3 is 0 Å². The van der Waals surface area contributed by atoms with Crippen molar-refractivity contribution in [1.29, 1.82) is 0 Å². The highest BCUT2D eigenvalue weighted by molar-refractivity contribution is 7.86. The van der Waals surface area contributed by atoms with Crippen LogP contribution < -0.4 is 5.73 Å². The molecule has 6 heteroatoms. The van der Waals surface area contributed by atoms with Gasteiger partial charge in [0.1, 0.15) is 0 Å². The zero-order chi connectivity index (χ0) is 15.5. The van der Waals surface area contributed by atoms with Crippen molar-refractivity contribution in [3.63, 3.8) is 0 Å². The lowest BCUT2D eigenvalue weighted by Crippen LogP contribution is -2.50. The van der Waals surface area contributed by atoms with Gasteiger partial charge in [-0.1, -0.05) is 13.3 Å². The molecule has 0 unspecified atom stereocenters. The van der Waals surface area contributed by atoms with Gasteiger partial charge in [-0.3, -0.25) is 0 Å². The first kappa shape index (κ1) is 17.2. The van der Waals surface area contributed by atoms with Crippen LogP contribution in [0.3, 0.4) is 0 Å². The summed E-state index contributed by atoms with van der Waals surface area (Å²) in [6.45, 7) is 4.15. The van der Waals surface area contributed by atoms with Crippen molar-refractivity contribution in [2.75, 3.05) is 26.7 Å². The molecule has 1 saturated heterocycles. The van der Waals surface area contributed by atoms with Crippen LogP contribution in [0.5, 0.6) is 0 Å². The standard InChI is InChI=1S/C15H31N3O2S/c1-3-13-4-6-15(7-5-13)17(2)21(19,20)18-10-8-14(12-16)9-11-18/h13-15H,3-12,16H2,1-2H3. The molecule has 21 heavy (non-hydrogen) atoms. The van der Waals surface area contributed by atoms with E-state index in [1.807, 2.05) is 0 Å². The highest BCUT2D eigenvalue weighted by atomic mass is 32.2. The molecular weight excluding hydrogens is 286 g/mol. The SMILES string of the molecule is CCC1CCC(N(C)S(=O)(=O)N2CCC(CN)CC2)CC1. The van der Waals surface area contributed by atoms with Crippen LogP contribution in [0.15, 0.2) is 0 Å². The first-order valence-electron chi connectivity index (χ1n) is 8.42. The molecule has 1 aliphatic heterocycles. The molecular formula is C15H31N3O2S. The fourth-order valence-corrected chi connectivity index (χ4v) is 5.29. The average Bonchev–Trinajstić information content (AvgIpc) is 2.54. The Kier molecular flexibility index (Phi) is 6.05. The van der Waals surface area contributed by atoms with E-state index in [1.165, 1.54) is 6.42 Å². The van der Waals surface area contributed by atoms with Gasteiger partial charge < -0.3 is 5.73 Å². The lowest BCUT2D eigenvalue weighted by molar-refractivity contribution is 0.209. The van der Waals surface area contributed by atoms with Gasteiger partial charge in [0, 0.05) is 26.2 Å². The summed E-state index contributed by atoms with van der Waals surface area (Å²) >= 11 is 0. The molecule has 1 heterocycles. The van der Waals surface area contributed by atoms with Gasteiger partial charge in [0.2, 0.25) is 0 Å². The van der Waals surface area contributed by atoms with E-state index in [4.69, 9.17) is 5.73 Å². The molecule has 0 atom stereocenters. The summed E-state index contributed by atoms with van der Waals surface area (Å²) in [5.41, 5.74) is 5.68. The number of hydrogen-bond acceptors (Lipinski definition) is 3. The maximum Gasteiger partial charge on any atom is 0.281 e. The highest BCUT2D eigenvalue weighted by Gasteiger charge is 2.35. The molecule has 0 aromatic heterocycles. The molecule has 2 fully saturated rings. The Morgan fingerprint density at radius 2 is 1.62 bits per heavy atom. The first-order chi connectivity index (χ1) is 9.98. The largest absolute Gasteiger partial charge is 0.330 e. The molecule has 0 spiro atoms. The van der Waals surface area contributed by atoms with Gasteiger partial charge in [-0.05, 0) is 56.9 Å². The molecule has 0 bridgehead atoms. The van der Waals surface area contributed by atoms with E-state index in [9.17, 15) is 8.42 Å². The average molecular weight is 317 g/mol. The summed E-state index contributed by atoms with van der Waals surface area (Å²) in [5, 5.41) is 0. The molecule has 0 aromatic carbocycles. The zero-order valence-electron chi connectivity index (χ0n) is 13.5. The quantitative estimate of drug-likeness (QED) is 0.841. The fraction of sp³-hybridized carbons (Fsp3) is 1.00. The first-order valence-corrected chi connectivity index (χ1v) is 9.81. The summed E-state index contributed by atoms with van der Waals surface area (Å²) in [7, 11) is -1.53. The lowest BCUT2D eigenvalue weighted by Gasteiger charge is -2.38. The molecule has 1 saturated carbocycles. The van der Waals surface area contributed by atoms with Crippen molar-refractivity contribution in [2.45, 2.75) is 57.9 Å². The van der Waals surface area contributed by atoms with E-state index in [0.29, 0.717) is 25.6 Å². The summed E-state index contributed by atoms with van der Waals surface area (Å²) in [6, 6.07) is 0.185. The fourth-order valence-electron chi connectivity index (χ4n) is 3.66. The van der Waals surface area contributed by atoms with E-state index in [0.717, 1.165) is 44.4 Å². The summed E-state index contributed by atoms with van der Waals surface area (Å²) in [5.74, 6) is 1.28. The molecule has 0 aromatic rings. The minimum atomic E-state index is -3.29. The Labute approximate surface area is 130 Å². The minimum absolute atomic E-state index is 0.185. The van der Waals surface area contributed by atoms with E-state index < -0.39 is 10.2 Å². The lowest BCUT2D eigenvalue weighted by atomic mass is 9.85. The molecule has 0 radical (unpaired) electrons. The Bertz CT molecular complexity index is 411. The molecule has 0 amide bonds. The number of piperidine rings is 1. The Morgan fingerprint density at radius 3 is 2.10 bits per heavy atom. The Hall–Kier alpha value is -0.170. The van der Waals surface area contributed by atoms with Crippen LogP contribution in [-0.4, -0.2) is 49.8 Å². The van der Waals surface area contributed by atoms with E-state index in [-0.39, 0.29) is 6.04 Å². The maximum atomic E-state index is 12.8. The van der Waals surface area contributed by atoms with E-state index in [1.54, 1.807) is 15.7 Å². The zero-order valence-corrected chi connectivity index (χ0v) is 14.3. The van der Waals surface area contributed by atoms with Crippen LogP contribution in [-0.2, 0) is 10.2 Å².